The van der Waals surface area contributed by atoms with Crippen molar-refractivity contribution in [3.05, 3.63) is 56.4 Å². The van der Waals surface area contributed by atoms with Crippen molar-refractivity contribution < 1.29 is 9.90 Å². The highest BCUT2D eigenvalue weighted by Crippen LogP contribution is 2.19. The number of phenolic OH excluding ortho intramolecular Hbond substituents is 1. The summed E-state index contributed by atoms with van der Waals surface area (Å²) < 4.78 is 0.702. The molecule has 0 saturated carbocycles. The van der Waals surface area contributed by atoms with E-state index in [1.165, 1.54) is 12.4 Å². The lowest BCUT2D eigenvalue weighted by molar-refractivity contribution is 0.0955. The van der Waals surface area contributed by atoms with E-state index in [-0.39, 0.29) is 16.5 Å². The summed E-state index contributed by atoms with van der Waals surface area (Å²) in [7, 11) is 0. The SMILES string of the molecule is O=C(N/N=C/c1ccc(O)c(I)c1)c1cccnc1Cl. The maximum atomic E-state index is 11.8. The summed E-state index contributed by atoms with van der Waals surface area (Å²) >= 11 is 7.80. The lowest BCUT2D eigenvalue weighted by Crippen LogP contribution is -2.18. The predicted molar refractivity (Wildman–Crippen MR) is 85.1 cm³/mol. The van der Waals surface area contributed by atoms with Gasteiger partial charge in [-0.3, -0.25) is 4.79 Å². The number of hydrazone groups is 1. The van der Waals surface area contributed by atoms with Crippen molar-refractivity contribution in [2.75, 3.05) is 0 Å². The number of benzene rings is 1. The zero-order chi connectivity index (χ0) is 14.5. The van der Waals surface area contributed by atoms with E-state index in [1.54, 1.807) is 30.3 Å². The monoisotopic (exact) mass is 401 g/mol. The number of aromatic nitrogens is 1. The molecule has 20 heavy (non-hydrogen) atoms. The Morgan fingerprint density at radius 3 is 2.95 bits per heavy atom. The van der Waals surface area contributed by atoms with Crippen molar-refractivity contribution in [2.24, 2.45) is 5.10 Å². The normalized spacial score (nSPS) is 10.7. The van der Waals surface area contributed by atoms with Gasteiger partial charge in [-0.1, -0.05) is 11.6 Å². The molecule has 0 aliphatic rings. The number of rotatable bonds is 3. The Labute approximate surface area is 133 Å². The maximum absolute atomic E-state index is 11.8. The summed E-state index contributed by atoms with van der Waals surface area (Å²) in [5.41, 5.74) is 3.37. The zero-order valence-electron chi connectivity index (χ0n) is 10.0. The molecule has 0 aliphatic heterocycles. The van der Waals surface area contributed by atoms with Crippen LogP contribution in [0.2, 0.25) is 5.15 Å². The number of hydrogen-bond donors (Lipinski definition) is 2. The lowest BCUT2D eigenvalue weighted by Gasteiger charge is -2.01. The summed E-state index contributed by atoms with van der Waals surface area (Å²) in [6.07, 6.45) is 2.98. The van der Waals surface area contributed by atoms with Gasteiger partial charge in [0, 0.05) is 6.20 Å². The van der Waals surface area contributed by atoms with Crippen molar-refractivity contribution >= 4 is 46.3 Å². The van der Waals surface area contributed by atoms with Gasteiger partial charge in [-0.15, -0.1) is 0 Å². The predicted octanol–water partition coefficient (Wildman–Crippen LogP) is 2.81. The van der Waals surface area contributed by atoms with E-state index in [0.29, 0.717) is 3.57 Å². The van der Waals surface area contributed by atoms with Gasteiger partial charge in [0.05, 0.1) is 15.3 Å². The number of halogens is 2. The fourth-order valence-corrected chi connectivity index (χ4v) is 2.13. The molecule has 2 rings (SSSR count). The van der Waals surface area contributed by atoms with Crippen LogP contribution in [-0.2, 0) is 0 Å². The van der Waals surface area contributed by atoms with Crippen molar-refractivity contribution in [1.82, 2.24) is 10.4 Å². The minimum atomic E-state index is -0.437. The largest absolute Gasteiger partial charge is 0.507 e. The molecule has 1 heterocycles. The van der Waals surface area contributed by atoms with Gasteiger partial charge in [-0.2, -0.15) is 5.10 Å². The molecule has 1 aromatic carbocycles. The summed E-state index contributed by atoms with van der Waals surface area (Å²) in [6.45, 7) is 0. The van der Waals surface area contributed by atoms with Crippen molar-refractivity contribution in [1.29, 1.82) is 0 Å². The molecule has 0 unspecified atom stereocenters. The van der Waals surface area contributed by atoms with Gasteiger partial charge in [0.15, 0.2) is 0 Å². The Balaban J connectivity index is 2.05. The van der Waals surface area contributed by atoms with E-state index < -0.39 is 5.91 Å². The minimum Gasteiger partial charge on any atom is -0.507 e. The van der Waals surface area contributed by atoms with Crippen LogP contribution in [-0.4, -0.2) is 22.2 Å². The highest BCUT2D eigenvalue weighted by atomic mass is 127. The van der Waals surface area contributed by atoms with Gasteiger partial charge >= 0.3 is 0 Å². The van der Waals surface area contributed by atoms with Crippen molar-refractivity contribution in [3.63, 3.8) is 0 Å². The first-order valence-electron chi connectivity index (χ1n) is 5.50. The molecule has 5 nitrogen and oxygen atoms in total. The molecule has 2 aromatic rings. The maximum Gasteiger partial charge on any atom is 0.274 e. The topological polar surface area (TPSA) is 74.6 Å². The van der Waals surface area contributed by atoms with Gasteiger partial charge in [-0.05, 0) is 58.5 Å². The quantitative estimate of drug-likeness (QED) is 0.359. The number of hydrogen-bond acceptors (Lipinski definition) is 4. The lowest BCUT2D eigenvalue weighted by atomic mass is 10.2. The molecule has 0 bridgehead atoms. The van der Waals surface area contributed by atoms with Crippen LogP contribution in [0.1, 0.15) is 15.9 Å². The van der Waals surface area contributed by atoms with Crippen LogP contribution in [0.25, 0.3) is 0 Å². The van der Waals surface area contributed by atoms with Gasteiger partial charge < -0.3 is 5.11 Å². The summed E-state index contributed by atoms with van der Waals surface area (Å²) in [6, 6.07) is 8.16. The number of aromatic hydroxyl groups is 1. The molecule has 7 heteroatoms. The molecular formula is C13H9ClIN3O2. The van der Waals surface area contributed by atoms with Crippen LogP contribution in [0.15, 0.2) is 41.6 Å². The number of nitrogens with one attached hydrogen (secondary N) is 1. The molecule has 0 fully saturated rings. The second-order valence-electron chi connectivity index (χ2n) is 3.75. The van der Waals surface area contributed by atoms with E-state index in [1.807, 2.05) is 22.6 Å². The van der Waals surface area contributed by atoms with E-state index >= 15 is 0 Å². The molecular weight excluding hydrogens is 393 g/mol. The van der Waals surface area contributed by atoms with E-state index in [9.17, 15) is 9.90 Å². The number of pyridine rings is 1. The number of amides is 1. The molecule has 0 atom stereocenters. The van der Waals surface area contributed by atoms with Gasteiger partial charge in [0.25, 0.3) is 5.91 Å². The first-order chi connectivity index (χ1) is 9.58. The molecule has 0 radical (unpaired) electrons. The van der Waals surface area contributed by atoms with Crippen LogP contribution in [0, 0.1) is 3.57 Å². The molecule has 0 spiro atoms. The number of carbonyl (C=O) groups excluding carboxylic acids is 1. The van der Waals surface area contributed by atoms with Gasteiger partial charge in [0.1, 0.15) is 10.9 Å². The zero-order valence-corrected chi connectivity index (χ0v) is 13.0. The Morgan fingerprint density at radius 1 is 1.45 bits per heavy atom. The third-order valence-corrected chi connectivity index (χ3v) is 3.52. The average molecular weight is 402 g/mol. The van der Waals surface area contributed by atoms with E-state index in [2.05, 4.69) is 15.5 Å². The Hall–Kier alpha value is -1.67. The average Bonchev–Trinajstić information content (AvgIpc) is 2.43. The summed E-state index contributed by atoms with van der Waals surface area (Å²) in [4.78, 5) is 15.6. The first-order valence-corrected chi connectivity index (χ1v) is 6.96. The number of carbonyl (C=O) groups is 1. The fourth-order valence-electron chi connectivity index (χ4n) is 1.38. The fraction of sp³-hybridized carbons (Fsp3) is 0. The van der Waals surface area contributed by atoms with Crippen LogP contribution in [0.5, 0.6) is 5.75 Å². The highest BCUT2D eigenvalue weighted by Gasteiger charge is 2.09. The first kappa shape index (κ1) is 14.7. The van der Waals surface area contributed by atoms with Gasteiger partial charge in [-0.25, -0.2) is 10.4 Å². The van der Waals surface area contributed by atoms with Crippen LogP contribution < -0.4 is 5.43 Å². The number of phenols is 1. The molecule has 0 saturated heterocycles. The third kappa shape index (κ3) is 3.67. The Morgan fingerprint density at radius 2 is 2.25 bits per heavy atom. The van der Waals surface area contributed by atoms with Crippen LogP contribution >= 0.6 is 34.2 Å². The summed E-state index contributed by atoms with van der Waals surface area (Å²) in [5.74, 6) is -0.234. The third-order valence-electron chi connectivity index (χ3n) is 2.36. The summed E-state index contributed by atoms with van der Waals surface area (Å²) in [5, 5.41) is 13.4. The highest BCUT2D eigenvalue weighted by molar-refractivity contribution is 14.1. The second-order valence-corrected chi connectivity index (χ2v) is 5.27. The Kier molecular flexibility index (Phi) is 4.91. The molecule has 0 aliphatic carbocycles. The number of nitrogens with zero attached hydrogens (tertiary/aromatic N) is 2. The molecule has 1 amide bonds. The van der Waals surface area contributed by atoms with Crippen LogP contribution in [0.4, 0.5) is 0 Å². The van der Waals surface area contributed by atoms with Gasteiger partial charge in [0.2, 0.25) is 0 Å². The van der Waals surface area contributed by atoms with Crippen LogP contribution in [0.3, 0.4) is 0 Å². The second kappa shape index (κ2) is 6.67. The van der Waals surface area contributed by atoms with Crippen molar-refractivity contribution in [3.8, 4) is 5.75 Å². The molecule has 2 N–H and O–H groups in total. The molecule has 1 aromatic heterocycles. The Bertz CT molecular complexity index is 676. The standard InChI is InChI=1S/C13H9ClIN3O2/c14-12-9(2-1-5-16-12)13(20)18-17-7-8-3-4-11(19)10(15)6-8/h1-7,19H,(H,18,20)/b17-7+. The minimum absolute atomic E-state index is 0.124. The smallest absolute Gasteiger partial charge is 0.274 e. The van der Waals surface area contributed by atoms with Crippen molar-refractivity contribution in [2.45, 2.75) is 0 Å². The van der Waals surface area contributed by atoms with E-state index in [4.69, 9.17) is 11.6 Å². The van der Waals surface area contributed by atoms with E-state index in [0.717, 1.165) is 5.56 Å². The molecule has 102 valence electrons.